The smallest absolute Gasteiger partial charge is 0.0360 e. The predicted molar refractivity (Wildman–Crippen MR) is 37.8 cm³/mol. The standard InChI is InChI=1S/C6H10ClN/c1-5(3-4-8)6(2)7/h1-4,8H2. The molecule has 0 unspecified atom stereocenters. The Hall–Kier alpha value is -0.270. The maximum absolute atomic E-state index is 5.46. The van der Waals surface area contributed by atoms with E-state index in [-0.39, 0.29) is 0 Å². The Morgan fingerprint density at radius 2 is 2.00 bits per heavy atom. The van der Waals surface area contributed by atoms with Gasteiger partial charge in [-0.1, -0.05) is 24.8 Å². The molecule has 46 valence electrons. The van der Waals surface area contributed by atoms with Gasteiger partial charge in [0.2, 0.25) is 0 Å². The first-order chi connectivity index (χ1) is 3.68. The Labute approximate surface area is 54.8 Å². The van der Waals surface area contributed by atoms with E-state index in [0.717, 1.165) is 12.0 Å². The van der Waals surface area contributed by atoms with Crippen molar-refractivity contribution in [1.82, 2.24) is 0 Å². The minimum absolute atomic E-state index is 0.510. The Balaban J connectivity index is 3.49. The number of hydrogen-bond acceptors (Lipinski definition) is 1. The van der Waals surface area contributed by atoms with Crippen LogP contribution in [0.1, 0.15) is 6.42 Å². The summed E-state index contributed by atoms with van der Waals surface area (Å²) in [5, 5.41) is 0.510. The van der Waals surface area contributed by atoms with Crippen LogP contribution in [0.5, 0.6) is 0 Å². The summed E-state index contributed by atoms with van der Waals surface area (Å²) in [6.45, 7) is 7.70. The maximum atomic E-state index is 5.46. The molecule has 1 nitrogen and oxygen atoms in total. The fourth-order valence-electron chi connectivity index (χ4n) is 0.310. The van der Waals surface area contributed by atoms with Crippen LogP contribution in [0.4, 0.5) is 0 Å². The largest absolute Gasteiger partial charge is 0.330 e. The summed E-state index contributed by atoms with van der Waals surface area (Å²) in [6, 6.07) is 0. The molecule has 0 amide bonds. The van der Waals surface area contributed by atoms with Gasteiger partial charge in [-0.15, -0.1) is 0 Å². The van der Waals surface area contributed by atoms with Crippen molar-refractivity contribution < 1.29 is 0 Å². The summed E-state index contributed by atoms with van der Waals surface area (Å²) < 4.78 is 0. The molecule has 0 bridgehead atoms. The lowest BCUT2D eigenvalue weighted by atomic mass is 10.2. The van der Waals surface area contributed by atoms with Gasteiger partial charge in [-0.25, -0.2) is 0 Å². The number of nitrogens with two attached hydrogens (primary N) is 1. The normalized spacial score (nSPS) is 8.75. The van der Waals surface area contributed by atoms with Crippen LogP contribution >= 0.6 is 11.6 Å². The van der Waals surface area contributed by atoms with Crippen LogP contribution in [0.25, 0.3) is 0 Å². The van der Waals surface area contributed by atoms with Gasteiger partial charge in [-0.3, -0.25) is 0 Å². The van der Waals surface area contributed by atoms with Gasteiger partial charge in [0.05, 0.1) is 0 Å². The van der Waals surface area contributed by atoms with Crippen LogP contribution in [0.15, 0.2) is 23.8 Å². The second kappa shape index (κ2) is 3.70. The van der Waals surface area contributed by atoms with Gasteiger partial charge in [0.25, 0.3) is 0 Å². The second-order valence-corrected chi connectivity index (χ2v) is 2.00. The van der Waals surface area contributed by atoms with Crippen LogP contribution in [-0.4, -0.2) is 6.54 Å². The molecule has 0 aromatic carbocycles. The molecule has 2 N–H and O–H groups in total. The van der Waals surface area contributed by atoms with Crippen molar-refractivity contribution in [2.24, 2.45) is 5.73 Å². The number of allylic oxidation sites excluding steroid dienone is 1. The van der Waals surface area contributed by atoms with Crippen molar-refractivity contribution in [3.63, 3.8) is 0 Å². The van der Waals surface area contributed by atoms with Crippen LogP contribution < -0.4 is 5.73 Å². The zero-order valence-corrected chi connectivity index (χ0v) is 5.54. The summed E-state index contributed by atoms with van der Waals surface area (Å²) in [6.07, 6.45) is 0.738. The third-order valence-electron chi connectivity index (χ3n) is 0.830. The molecule has 0 saturated carbocycles. The van der Waals surface area contributed by atoms with E-state index in [1.54, 1.807) is 0 Å². The quantitative estimate of drug-likeness (QED) is 0.579. The fourth-order valence-corrected chi connectivity index (χ4v) is 0.404. The van der Waals surface area contributed by atoms with Gasteiger partial charge in [0, 0.05) is 5.03 Å². The Morgan fingerprint density at radius 3 is 2.12 bits per heavy atom. The lowest BCUT2D eigenvalue weighted by Crippen LogP contribution is -1.99. The molecule has 0 fully saturated rings. The molecule has 0 saturated heterocycles. The van der Waals surface area contributed by atoms with Crippen LogP contribution in [0, 0.1) is 0 Å². The molecule has 0 heterocycles. The van der Waals surface area contributed by atoms with E-state index in [4.69, 9.17) is 17.3 Å². The minimum Gasteiger partial charge on any atom is -0.330 e. The van der Waals surface area contributed by atoms with Gasteiger partial charge in [-0.05, 0) is 18.5 Å². The zero-order valence-electron chi connectivity index (χ0n) is 4.78. The summed E-state index contributed by atoms with van der Waals surface area (Å²) in [5.74, 6) is 0. The first kappa shape index (κ1) is 7.73. The van der Waals surface area contributed by atoms with Crippen molar-refractivity contribution >= 4 is 11.6 Å². The maximum Gasteiger partial charge on any atom is 0.0360 e. The molecule has 0 aliphatic carbocycles. The molecule has 0 spiro atoms. The molecule has 2 heteroatoms. The highest BCUT2D eigenvalue weighted by Gasteiger charge is 1.91. The minimum atomic E-state index is 0.510. The van der Waals surface area contributed by atoms with E-state index in [2.05, 4.69) is 13.2 Å². The lowest BCUT2D eigenvalue weighted by molar-refractivity contribution is 0.974. The molecule has 0 atom stereocenters. The van der Waals surface area contributed by atoms with Crippen molar-refractivity contribution in [2.45, 2.75) is 6.42 Å². The molecule has 8 heavy (non-hydrogen) atoms. The van der Waals surface area contributed by atoms with Crippen molar-refractivity contribution in [1.29, 1.82) is 0 Å². The van der Waals surface area contributed by atoms with E-state index in [9.17, 15) is 0 Å². The van der Waals surface area contributed by atoms with E-state index in [1.165, 1.54) is 0 Å². The van der Waals surface area contributed by atoms with Gasteiger partial charge < -0.3 is 5.73 Å². The van der Waals surface area contributed by atoms with E-state index >= 15 is 0 Å². The summed E-state index contributed by atoms with van der Waals surface area (Å²) in [7, 11) is 0. The highest BCUT2D eigenvalue weighted by atomic mass is 35.5. The molecule has 0 aliphatic rings. The topological polar surface area (TPSA) is 26.0 Å². The van der Waals surface area contributed by atoms with Crippen molar-refractivity contribution in [3.8, 4) is 0 Å². The molecule has 0 aromatic rings. The molecule has 0 aromatic heterocycles. The van der Waals surface area contributed by atoms with Crippen molar-refractivity contribution in [2.75, 3.05) is 6.54 Å². The highest BCUT2D eigenvalue weighted by molar-refractivity contribution is 6.31. The van der Waals surface area contributed by atoms with E-state index in [0.29, 0.717) is 11.6 Å². The number of halogens is 1. The summed E-state index contributed by atoms with van der Waals surface area (Å²) in [4.78, 5) is 0. The molecular weight excluding hydrogens is 122 g/mol. The molecule has 0 aliphatic heterocycles. The Bertz CT molecular complexity index is 107. The third-order valence-corrected chi connectivity index (χ3v) is 1.10. The summed E-state index contributed by atoms with van der Waals surface area (Å²) in [5.41, 5.74) is 6.03. The van der Waals surface area contributed by atoms with Gasteiger partial charge in [0.15, 0.2) is 0 Å². The Morgan fingerprint density at radius 1 is 1.50 bits per heavy atom. The van der Waals surface area contributed by atoms with Crippen LogP contribution in [-0.2, 0) is 0 Å². The van der Waals surface area contributed by atoms with Crippen LogP contribution in [0.3, 0.4) is 0 Å². The van der Waals surface area contributed by atoms with Gasteiger partial charge in [0.1, 0.15) is 0 Å². The van der Waals surface area contributed by atoms with E-state index < -0.39 is 0 Å². The zero-order chi connectivity index (χ0) is 6.57. The first-order valence-electron chi connectivity index (χ1n) is 2.41. The number of rotatable bonds is 3. The lowest BCUT2D eigenvalue weighted by Gasteiger charge is -1.96. The van der Waals surface area contributed by atoms with Gasteiger partial charge in [-0.2, -0.15) is 0 Å². The van der Waals surface area contributed by atoms with Crippen LogP contribution in [0.2, 0.25) is 0 Å². The fraction of sp³-hybridized carbons (Fsp3) is 0.333. The molecule has 0 radical (unpaired) electrons. The average Bonchev–Trinajstić information content (AvgIpc) is 1.67. The SMILES string of the molecule is C=C(Cl)C(=C)CCN. The number of hydrogen-bond donors (Lipinski definition) is 1. The Kier molecular flexibility index (Phi) is 3.57. The molecule has 0 rings (SSSR count). The second-order valence-electron chi connectivity index (χ2n) is 1.55. The third kappa shape index (κ3) is 2.83. The first-order valence-corrected chi connectivity index (χ1v) is 2.79. The van der Waals surface area contributed by atoms with Gasteiger partial charge >= 0.3 is 0 Å². The highest BCUT2D eigenvalue weighted by Crippen LogP contribution is 2.11. The predicted octanol–water partition coefficient (Wildman–Crippen LogP) is 1.64. The monoisotopic (exact) mass is 131 g/mol. The average molecular weight is 132 g/mol. The summed E-state index contributed by atoms with van der Waals surface area (Å²) >= 11 is 5.46. The van der Waals surface area contributed by atoms with Crippen molar-refractivity contribution in [3.05, 3.63) is 23.8 Å². The van der Waals surface area contributed by atoms with E-state index in [1.807, 2.05) is 0 Å². The molecular formula is C6H10ClN.